The second-order valence-electron chi connectivity index (χ2n) is 18.5. The zero-order chi connectivity index (χ0) is 51.2. The first-order chi connectivity index (χ1) is 30.1. The van der Waals surface area contributed by atoms with Gasteiger partial charge in [0.2, 0.25) is 0 Å². The Labute approximate surface area is 367 Å². The molecule has 67 heavy (non-hydrogen) atoms. The van der Waals surface area contributed by atoms with Crippen molar-refractivity contribution in [2.24, 2.45) is 35.5 Å². The smallest absolute Gasteiger partial charge is 0.381 e. The van der Waals surface area contributed by atoms with Gasteiger partial charge in [-0.1, -0.05) is 26.0 Å². The van der Waals surface area contributed by atoms with Crippen LogP contribution in [-0.4, -0.2) is 90.4 Å². The molecule has 4 aliphatic carbocycles. The first-order valence-electron chi connectivity index (χ1n) is 20.7. The van der Waals surface area contributed by atoms with E-state index in [0.29, 0.717) is 6.92 Å². The molecule has 0 heterocycles. The van der Waals surface area contributed by atoms with Crippen molar-refractivity contribution < 1.29 is 121 Å². The second-order valence-corrected chi connectivity index (χ2v) is 18.5. The summed E-state index contributed by atoms with van der Waals surface area (Å²) in [6.45, 7) is -1.20. The zero-order valence-corrected chi connectivity index (χ0v) is 35.2. The lowest BCUT2D eigenvalue weighted by molar-refractivity contribution is -0.406. The molecule has 0 spiro atoms. The molecule has 4 saturated carbocycles. The van der Waals surface area contributed by atoms with Crippen molar-refractivity contribution in [2.75, 3.05) is 13.6 Å². The van der Waals surface area contributed by atoms with E-state index in [1.165, 1.54) is 6.92 Å². The van der Waals surface area contributed by atoms with Crippen LogP contribution >= 0.6 is 0 Å². The van der Waals surface area contributed by atoms with Gasteiger partial charge in [0.15, 0.2) is 5.60 Å². The molecule has 4 fully saturated rings. The maximum Gasteiger partial charge on any atom is 0.430 e. The Morgan fingerprint density at radius 2 is 0.851 bits per heavy atom. The summed E-state index contributed by atoms with van der Waals surface area (Å²) in [4.78, 5) is 0. The standard InChI is InChI=1S/C40H45F21O6/c1-4-18(2)19-9-26(32(37(50,51)52,38(53,54)55)66-16-64-28-11-20-5-22(28)7-24(20)14-30(3,62)34(41,42)43)13-27(10-19)33(39(56,57)58,40(59,60)61)67-17-65-29-12-21-6-23(29)8-25(21)15-31(63,35(44,45)46)36(47,48)49/h9-10,13,18,20-25,28-29,62-63H,4-8,11-12,14-17H2,1-3H3. The van der Waals surface area contributed by atoms with Gasteiger partial charge < -0.3 is 29.2 Å². The lowest BCUT2D eigenvalue weighted by Crippen LogP contribution is -2.58. The maximum atomic E-state index is 15.1. The van der Waals surface area contributed by atoms with Crippen LogP contribution in [0, 0.1) is 35.5 Å². The number of hydrogen-bond donors (Lipinski definition) is 2. The normalized spacial score (nSPS) is 28.4. The highest BCUT2D eigenvalue weighted by Crippen LogP contribution is 2.60. The fourth-order valence-electron chi connectivity index (χ4n) is 10.5. The van der Waals surface area contributed by atoms with Gasteiger partial charge in [-0.15, -0.1) is 0 Å². The second kappa shape index (κ2) is 18.0. The third kappa shape index (κ3) is 10.1. The number of hydrogen-bond acceptors (Lipinski definition) is 6. The van der Waals surface area contributed by atoms with Gasteiger partial charge in [-0.25, -0.2) is 0 Å². The fraction of sp³-hybridized carbons (Fsp3) is 0.850. The summed E-state index contributed by atoms with van der Waals surface area (Å²) in [7, 11) is 0. The molecule has 27 heteroatoms. The van der Waals surface area contributed by atoms with E-state index >= 15 is 52.7 Å². The van der Waals surface area contributed by atoms with Crippen LogP contribution in [-0.2, 0) is 30.1 Å². The van der Waals surface area contributed by atoms with Crippen molar-refractivity contribution in [2.45, 2.75) is 162 Å². The van der Waals surface area contributed by atoms with E-state index < -0.39 is 181 Å². The van der Waals surface area contributed by atoms with Gasteiger partial charge in [0.25, 0.3) is 16.8 Å². The molecule has 5 rings (SSSR count). The van der Waals surface area contributed by atoms with Crippen molar-refractivity contribution in [1.82, 2.24) is 0 Å². The van der Waals surface area contributed by atoms with Gasteiger partial charge in [-0.05, 0) is 118 Å². The van der Waals surface area contributed by atoms with Crippen LogP contribution in [0.2, 0.25) is 0 Å². The predicted molar refractivity (Wildman–Crippen MR) is 186 cm³/mol. The molecule has 4 aliphatic rings. The monoisotopic (exact) mass is 1020 g/mol. The Kier molecular flexibility index (Phi) is 14.9. The molecule has 1 aromatic carbocycles. The Balaban J connectivity index is 1.45. The molecule has 0 aromatic heterocycles. The molecule has 2 N–H and O–H groups in total. The van der Waals surface area contributed by atoms with Crippen molar-refractivity contribution in [3.8, 4) is 0 Å². The van der Waals surface area contributed by atoms with Crippen molar-refractivity contribution in [1.29, 1.82) is 0 Å². The predicted octanol–water partition coefficient (Wildman–Crippen LogP) is 12.6. The fourth-order valence-corrected chi connectivity index (χ4v) is 10.5. The van der Waals surface area contributed by atoms with Crippen LogP contribution in [0.3, 0.4) is 0 Å². The summed E-state index contributed by atoms with van der Waals surface area (Å²) < 4.78 is 320. The van der Waals surface area contributed by atoms with E-state index in [4.69, 9.17) is 9.47 Å². The number of ether oxygens (including phenoxy) is 4. The average molecular weight is 1020 g/mol. The van der Waals surface area contributed by atoms with E-state index in [0.717, 1.165) is 6.92 Å². The lowest BCUT2D eigenvalue weighted by atomic mass is 9.79. The molecular weight excluding hydrogens is 975 g/mol. The first-order valence-corrected chi connectivity index (χ1v) is 20.7. The van der Waals surface area contributed by atoms with Crippen molar-refractivity contribution >= 4 is 0 Å². The van der Waals surface area contributed by atoms with Crippen LogP contribution in [0.4, 0.5) is 92.2 Å². The SMILES string of the molecule is CCC(C)c1cc(C(OCOC2CC3CC2CC3CC(C)(O)C(F)(F)F)(C(F)(F)F)C(F)(F)F)cc(C(OCOC2CC3CC2CC3CC(O)(C(F)(F)F)C(F)(F)F)(C(F)(F)F)C(F)(F)F)c1. The van der Waals surface area contributed by atoms with Crippen LogP contribution in [0.15, 0.2) is 18.2 Å². The first kappa shape index (κ1) is 55.4. The summed E-state index contributed by atoms with van der Waals surface area (Å²) in [5.74, 6) is -7.25. The molecule has 0 radical (unpaired) electrons. The topological polar surface area (TPSA) is 77.4 Å². The molecule has 10 unspecified atom stereocenters. The van der Waals surface area contributed by atoms with Crippen molar-refractivity contribution in [3.63, 3.8) is 0 Å². The molecule has 1 aromatic rings. The van der Waals surface area contributed by atoms with E-state index in [-0.39, 0.29) is 44.2 Å². The molecule has 10 atom stereocenters. The number of benzene rings is 1. The van der Waals surface area contributed by atoms with E-state index in [1.54, 1.807) is 0 Å². The van der Waals surface area contributed by atoms with Gasteiger partial charge in [-0.3, -0.25) is 0 Å². The number of rotatable bonds is 16. The number of halogens is 21. The van der Waals surface area contributed by atoms with E-state index in [2.05, 4.69) is 9.47 Å². The quantitative estimate of drug-likeness (QED) is 0.127. The number of fused-ring (bicyclic) bond motifs is 4. The van der Waals surface area contributed by atoms with Crippen LogP contribution in [0.25, 0.3) is 0 Å². The summed E-state index contributed by atoms with van der Waals surface area (Å²) in [5, 5.41) is 19.6. The van der Waals surface area contributed by atoms with Crippen molar-refractivity contribution in [3.05, 3.63) is 34.9 Å². The number of alkyl halides is 21. The van der Waals surface area contributed by atoms with Gasteiger partial charge in [0.1, 0.15) is 13.6 Å². The maximum absolute atomic E-state index is 15.1. The molecule has 0 amide bonds. The highest BCUT2D eigenvalue weighted by Gasteiger charge is 2.77. The summed E-state index contributed by atoms with van der Waals surface area (Å²) >= 11 is 0. The third-order valence-corrected chi connectivity index (χ3v) is 14.3. The zero-order valence-electron chi connectivity index (χ0n) is 35.2. The molecule has 388 valence electrons. The van der Waals surface area contributed by atoms with Crippen LogP contribution in [0.5, 0.6) is 0 Å². The summed E-state index contributed by atoms with van der Waals surface area (Å²) in [5.41, 5.74) is -25.4. The molecule has 0 saturated heterocycles. The Bertz CT molecular complexity index is 1820. The number of aliphatic hydroxyl groups is 2. The highest BCUT2D eigenvalue weighted by molar-refractivity contribution is 5.42. The summed E-state index contributed by atoms with van der Waals surface area (Å²) in [6, 6.07) is -0.627. The Morgan fingerprint density at radius 1 is 0.493 bits per heavy atom. The highest BCUT2D eigenvalue weighted by atomic mass is 19.4. The minimum Gasteiger partial charge on any atom is -0.381 e. The molecule has 0 aliphatic heterocycles. The van der Waals surface area contributed by atoms with Gasteiger partial charge in [0.05, 0.1) is 12.2 Å². The Hall–Kier alpha value is -2.49. The van der Waals surface area contributed by atoms with Gasteiger partial charge in [0, 0.05) is 11.1 Å². The Morgan fingerprint density at radius 3 is 1.13 bits per heavy atom. The summed E-state index contributed by atoms with van der Waals surface area (Å²) in [6.07, 6.45) is -51.7. The van der Waals surface area contributed by atoms with Crippen LogP contribution < -0.4 is 0 Å². The van der Waals surface area contributed by atoms with Crippen LogP contribution in [0.1, 0.15) is 101 Å². The molecule has 6 nitrogen and oxygen atoms in total. The molecular formula is C40H45F21O6. The minimum absolute atomic E-state index is 0.0268. The average Bonchev–Trinajstić information content (AvgIpc) is 3.92. The lowest BCUT2D eigenvalue weighted by Gasteiger charge is -2.41. The largest absolute Gasteiger partial charge is 0.430 e. The minimum atomic E-state index is -6.77. The van der Waals surface area contributed by atoms with Gasteiger partial charge >= 0.3 is 43.2 Å². The van der Waals surface area contributed by atoms with E-state index in [9.17, 15) is 49.7 Å². The molecule has 4 bridgehead atoms. The van der Waals surface area contributed by atoms with E-state index in [1.807, 2.05) is 0 Å². The van der Waals surface area contributed by atoms with Gasteiger partial charge in [-0.2, -0.15) is 92.2 Å². The third-order valence-electron chi connectivity index (χ3n) is 14.3.